The van der Waals surface area contributed by atoms with Crippen LogP contribution in [0.1, 0.15) is 55.7 Å². The van der Waals surface area contributed by atoms with Crippen molar-refractivity contribution in [3.8, 4) is 11.5 Å². The zero-order valence-electron chi connectivity index (χ0n) is 26.5. The zero-order chi connectivity index (χ0) is 32.7. The van der Waals surface area contributed by atoms with E-state index in [1.807, 2.05) is 26.8 Å². The fraction of sp³-hybridized carbons (Fsp3) is 0.412. The van der Waals surface area contributed by atoms with E-state index >= 15 is 0 Å². The summed E-state index contributed by atoms with van der Waals surface area (Å²) in [5.41, 5.74) is 2.55. The van der Waals surface area contributed by atoms with Crippen molar-refractivity contribution in [2.45, 2.75) is 76.4 Å². The molecular formula is C34H42FN3O6S. The van der Waals surface area contributed by atoms with Gasteiger partial charge in [-0.1, -0.05) is 38.0 Å². The third-order valence-corrected chi connectivity index (χ3v) is 9.84. The van der Waals surface area contributed by atoms with Gasteiger partial charge in [0, 0.05) is 18.7 Å². The first-order valence-corrected chi connectivity index (χ1v) is 16.6. The van der Waals surface area contributed by atoms with Gasteiger partial charge in [0.1, 0.15) is 18.4 Å². The fourth-order valence-electron chi connectivity index (χ4n) is 5.80. The molecule has 11 heteroatoms. The summed E-state index contributed by atoms with van der Waals surface area (Å²) in [6.07, 6.45) is 4.10. The zero-order valence-corrected chi connectivity index (χ0v) is 27.3. The summed E-state index contributed by atoms with van der Waals surface area (Å²) in [6.45, 7) is 4.92. The van der Waals surface area contributed by atoms with E-state index in [9.17, 15) is 22.4 Å². The number of benzene rings is 3. The molecular weight excluding hydrogens is 597 g/mol. The van der Waals surface area contributed by atoms with E-state index < -0.39 is 34.3 Å². The third-order valence-electron chi connectivity index (χ3n) is 8.07. The number of carbonyl (C=O) groups is 2. The summed E-state index contributed by atoms with van der Waals surface area (Å²) in [7, 11) is -1.46. The van der Waals surface area contributed by atoms with Crippen molar-refractivity contribution in [3.05, 3.63) is 83.2 Å². The van der Waals surface area contributed by atoms with Crippen molar-refractivity contribution in [1.82, 2.24) is 10.2 Å². The van der Waals surface area contributed by atoms with Crippen LogP contribution in [-0.2, 0) is 26.2 Å². The van der Waals surface area contributed by atoms with Gasteiger partial charge in [-0.05, 0) is 86.2 Å². The summed E-state index contributed by atoms with van der Waals surface area (Å²) < 4.78 is 54.1. The van der Waals surface area contributed by atoms with Gasteiger partial charge < -0.3 is 19.7 Å². The molecule has 0 spiro atoms. The van der Waals surface area contributed by atoms with Crippen LogP contribution in [0.3, 0.4) is 0 Å². The fourth-order valence-corrected chi connectivity index (χ4v) is 7.21. The molecule has 0 aromatic heterocycles. The maximum absolute atomic E-state index is 14.3. The first-order valence-electron chi connectivity index (χ1n) is 15.1. The van der Waals surface area contributed by atoms with Gasteiger partial charge >= 0.3 is 0 Å². The maximum atomic E-state index is 14.3. The number of carbonyl (C=O) groups excluding carboxylic acids is 2. The minimum absolute atomic E-state index is 0.00714. The van der Waals surface area contributed by atoms with Crippen molar-refractivity contribution >= 4 is 27.5 Å². The van der Waals surface area contributed by atoms with E-state index in [2.05, 4.69) is 5.32 Å². The minimum Gasteiger partial charge on any atom is -0.493 e. The molecule has 2 amide bonds. The second kappa shape index (κ2) is 14.8. The van der Waals surface area contributed by atoms with E-state index in [4.69, 9.17) is 9.47 Å². The smallest absolute Gasteiger partial charge is 0.264 e. The van der Waals surface area contributed by atoms with Crippen LogP contribution in [0.5, 0.6) is 11.5 Å². The molecule has 4 rings (SSSR count). The molecule has 1 aliphatic carbocycles. The number of ether oxygens (including phenoxy) is 2. The van der Waals surface area contributed by atoms with Gasteiger partial charge in [0.25, 0.3) is 10.0 Å². The monoisotopic (exact) mass is 639 g/mol. The van der Waals surface area contributed by atoms with Crippen LogP contribution in [0.15, 0.2) is 65.6 Å². The van der Waals surface area contributed by atoms with Gasteiger partial charge in [0.2, 0.25) is 11.8 Å². The summed E-state index contributed by atoms with van der Waals surface area (Å²) in [5.74, 6) is -0.714. The lowest BCUT2D eigenvalue weighted by Gasteiger charge is -2.34. The molecule has 242 valence electrons. The number of hydrogen-bond acceptors (Lipinski definition) is 6. The number of rotatable bonds is 13. The lowest BCUT2D eigenvalue weighted by atomic mass is 10.1. The van der Waals surface area contributed by atoms with E-state index in [1.54, 1.807) is 24.3 Å². The Kier molecular flexibility index (Phi) is 11.1. The second-order valence-electron chi connectivity index (χ2n) is 11.4. The van der Waals surface area contributed by atoms with Gasteiger partial charge in [0.15, 0.2) is 11.5 Å². The highest BCUT2D eigenvalue weighted by Crippen LogP contribution is 2.33. The number of anilines is 1. The van der Waals surface area contributed by atoms with Crippen LogP contribution in [-0.4, -0.2) is 58.0 Å². The lowest BCUT2D eigenvalue weighted by Crippen LogP contribution is -2.53. The molecule has 1 saturated carbocycles. The normalized spacial score (nSPS) is 14.1. The van der Waals surface area contributed by atoms with E-state index in [0.717, 1.165) is 41.1 Å². The third kappa shape index (κ3) is 8.13. The standard InChI is InChI=1S/C34H42FN3O6S/c1-6-30(34(40)36-27-9-7-8-10-27)37(21-25-11-13-26(35)14-12-25)33(39)22-38(28-18-23(2)17-24(3)19-28)45(41,42)29-15-16-31(43-4)32(20-29)44-5/h11-20,27,30H,6-10,21-22H2,1-5H3,(H,36,40). The average molecular weight is 640 g/mol. The largest absolute Gasteiger partial charge is 0.493 e. The number of nitrogens with one attached hydrogen (secondary N) is 1. The quantitative estimate of drug-likeness (QED) is 0.264. The molecule has 1 atom stereocenters. The number of amides is 2. The lowest BCUT2D eigenvalue weighted by molar-refractivity contribution is -0.140. The summed E-state index contributed by atoms with van der Waals surface area (Å²) in [4.78, 5) is 29.2. The Bertz CT molecular complexity index is 1590. The number of sulfonamides is 1. The molecule has 3 aromatic rings. The Hall–Kier alpha value is -4.12. The van der Waals surface area contributed by atoms with Crippen molar-refractivity contribution in [1.29, 1.82) is 0 Å². The van der Waals surface area contributed by atoms with Crippen LogP contribution in [0.25, 0.3) is 0 Å². The van der Waals surface area contributed by atoms with Gasteiger partial charge in [-0.2, -0.15) is 0 Å². The first kappa shape index (κ1) is 33.8. The van der Waals surface area contributed by atoms with Crippen LogP contribution in [0.4, 0.5) is 10.1 Å². The molecule has 0 aliphatic heterocycles. The molecule has 0 saturated heterocycles. The van der Waals surface area contributed by atoms with Crippen LogP contribution in [0, 0.1) is 19.7 Å². The van der Waals surface area contributed by atoms with Crippen molar-refractivity contribution < 1.29 is 31.9 Å². The molecule has 1 unspecified atom stereocenters. The average Bonchev–Trinajstić information content (AvgIpc) is 3.52. The van der Waals surface area contributed by atoms with Crippen LogP contribution in [0.2, 0.25) is 0 Å². The van der Waals surface area contributed by atoms with E-state index in [0.29, 0.717) is 23.4 Å². The molecule has 3 aromatic carbocycles. The molecule has 1 fully saturated rings. The van der Waals surface area contributed by atoms with Crippen molar-refractivity contribution in [2.75, 3.05) is 25.1 Å². The topological polar surface area (TPSA) is 105 Å². The molecule has 9 nitrogen and oxygen atoms in total. The Morgan fingerprint density at radius 3 is 2.13 bits per heavy atom. The van der Waals surface area contributed by atoms with Crippen molar-refractivity contribution in [3.63, 3.8) is 0 Å². The highest BCUT2D eigenvalue weighted by Gasteiger charge is 2.35. The molecule has 0 heterocycles. The van der Waals surface area contributed by atoms with Crippen molar-refractivity contribution in [2.24, 2.45) is 0 Å². The highest BCUT2D eigenvalue weighted by molar-refractivity contribution is 7.92. The molecule has 0 bridgehead atoms. The maximum Gasteiger partial charge on any atom is 0.264 e. The number of methoxy groups -OCH3 is 2. The van der Waals surface area contributed by atoms with Crippen LogP contribution < -0.4 is 19.1 Å². The van der Waals surface area contributed by atoms with E-state index in [-0.39, 0.29) is 29.1 Å². The predicted octanol–water partition coefficient (Wildman–Crippen LogP) is 5.52. The first-order chi connectivity index (χ1) is 21.5. The predicted molar refractivity (Wildman–Crippen MR) is 171 cm³/mol. The van der Waals surface area contributed by atoms with E-state index in [1.165, 1.54) is 49.5 Å². The van der Waals surface area contributed by atoms with Gasteiger partial charge in [-0.15, -0.1) is 0 Å². The van der Waals surface area contributed by atoms with Gasteiger partial charge in [-0.25, -0.2) is 12.8 Å². The summed E-state index contributed by atoms with van der Waals surface area (Å²) in [5, 5.41) is 3.09. The Balaban J connectivity index is 1.77. The molecule has 0 radical (unpaired) electrons. The number of halogens is 1. The molecule has 1 aliphatic rings. The SMILES string of the molecule is CCC(C(=O)NC1CCCC1)N(Cc1ccc(F)cc1)C(=O)CN(c1cc(C)cc(C)c1)S(=O)(=O)c1ccc(OC)c(OC)c1. The van der Waals surface area contributed by atoms with Crippen LogP contribution >= 0.6 is 0 Å². The number of nitrogens with zero attached hydrogens (tertiary/aromatic N) is 2. The summed E-state index contributed by atoms with van der Waals surface area (Å²) in [6, 6.07) is 14.4. The van der Waals surface area contributed by atoms with Gasteiger partial charge in [0.05, 0.1) is 24.8 Å². The number of aryl methyl sites for hydroxylation is 2. The Morgan fingerprint density at radius 1 is 0.933 bits per heavy atom. The Morgan fingerprint density at radius 2 is 1.56 bits per heavy atom. The minimum atomic E-state index is -4.32. The van der Waals surface area contributed by atoms with Gasteiger partial charge in [-0.3, -0.25) is 13.9 Å². The summed E-state index contributed by atoms with van der Waals surface area (Å²) >= 11 is 0. The molecule has 1 N–H and O–H groups in total. The second-order valence-corrected chi connectivity index (χ2v) is 13.3. The molecule has 45 heavy (non-hydrogen) atoms. The number of hydrogen-bond donors (Lipinski definition) is 1. The highest BCUT2D eigenvalue weighted by atomic mass is 32.2. The Labute approximate surface area is 265 Å².